The van der Waals surface area contributed by atoms with Crippen LogP contribution in [0.25, 0.3) is 0 Å². The number of hydrogen-bond acceptors (Lipinski definition) is 1. The highest BCUT2D eigenvalue weighted by Crippen LogP contribution is 2.34. The molecule has 1 aliphatic carbocycles. The van der Waals surface area contributed by atoms with Gasteiger partial charge in [-0.3, -0.25) is 0 Å². The molecule has 0 aliphatic heterocycles. The molecule has 2 N–H and O–H groups in total. The Balaban J connectivity index is 2.84. The maximum absolute atomic E-state index is 13.5. The molecule has 0 bridgehead atoms. The zero-order chi connectivity index (χ0) is 7.83. The second-order valence-electron chi connectivity index (χ2n) is 3.49. The van der Waals surface area contributed by atoms with Gasteiger partial charge in [0, 0.05) is 6.42 Å². The Bertz CT molecular complexity index is 141. The van der Waals surface area contributed by atoms with Crippen molar-refractivity contribution < 1.29 is 4.39 Å². The van der Waals surface area contributed by atoms with Crippen LogP contribution in [0.4, 0.5) is 4.39 Å². The first-order valence-corrected chi connectivity index (χ1v) is 3.58. The van der Waals surface area contributed by atoms with Crippen LogP contribution in [0.1, 0.15) is 26.7 Å². The average Bonchev–Trinajstić information content (AvgIpc) is 1.77. The molecule has 0 fully saturated rings. The number of nitrogens with two attached hydrogens (primary N) is 1. The summed E-state index contributed by atoms with van der Waals surface area (Å²) in [7, 11) is 0. The van der Waals surface area contributed by atoms with E-state index in [1.165, 1.54) is 0 Å². The lowest BCUT2D eigenvalue weighted by molar-refractivity contribution is 0.0833. The second kappa shape index (κ2) is 2.06. The third-order valence-corrected chi connectivity index (χ3v) is 2.40. The molecule has 2 atom stereocenters. The van der Waals surface area contributed by atoms with Gasteiger partial charge in [0.15, 0.2) is 0 Å². The average molecular weight is 143 g/mol. The van der Waals surface area contributed by atoms with Crippen LogP contribution in [0.15, 0.2) is 12.2 Å². The Morgan fingerprint density at radius 3 is 2.10 bits per heavy atom. The summed E-state index contributed by atoms with van der Waals surface area (Å²) in [5.74, 6) is 0. The normalized spacial score (nSPS) is 47.6. The van der Waals surface area contributed by atoms with Gasteiger partial charge >= 0.3 is 0 Å². The lowest BCUT2D eigenvalue weighted by Gasteiger charge is -2.38. The summed E-state index contributed by atoms with van der Waals surface area (Å²) in [6.07, 6.45) is 4.88. The van der Waals surface area contributed by atoms with Crippen molar-refractivity contribution in [1.29, 1.82) is 0 Å². The Kier molecular flexibility index (Phi) is 1.59. The zero-order valence-electron chi connectivity index (χ0n) is 6.52. The quantitative estimate of drug-likeness (QED) is 0.514. The minimum absolute atomic E-state index is 0.444. The first-order chi connectivity index (χ1) is 4.46. The van der Waals surface area contributed by atoms with Crippen LogP contribution in [0.2, 0.25) is 0 Å². The van der Waals surface area contributed by atoms with Crippen molar-refractivity contribution in [3.05, 3.63) is 12.2 Å². The van der Waals surface area contributed by atoms with E-state index < -0.39 is 11.2 Å². The van der Waals surface area contributed by atoms with E-state index in [0.717, 1.165) is 0 Å². The molecule has 10 heavy (non-hydrogen) atoms. The maximum atomic E-state index is 13.5. The van der Waals surface area contributed by atoms with Crippen LogP contribution in [-0.2, 0) is 0 Å². The fourth-order valence-electron chi connectivity index (χ4n) is 1.08. The third-order valence-electron chi connectivity index (χ3n) is 2.40. The largest absolute Gasteiger partial charge is 0.322 e. The van der Waals surface area contributed by atoms with Gasteiger partial charge in [-0.15, -0.1) is 0 Å². The summed E-state index contributed by atoms with van der Waals surface area (Å²) in [5, 5.41) is 0. The van der Waals surface area contributed by atoms with Crippen LogP contribution in [0, 0.1) is 0 Å². The monoisotopic (exact) mass is 143 g/mol. The van der Waals surface area contributed by atoms with E-state index in [-0.39, 0.29) is 0 Å². The Hall–Kier alpha value is -0.370. The topological polar surface area (TPSA) is 26.0 Å². The van der Waals surface area contributed by atoms with Crippen molar-refractivity contribution in [2.45, 2.75) is 37.9 Å². The van der Waals surface area contributed by atoms with Crippen molar-refractivity contribution in [1.82, 2.24) is 0 Å². The van der Waals surface area contributed by atoms with E-state index in [1.807, 2.05) is 12.2 Å². The Labute approximate surface area is 61.1 Å². The molecule has 0 radical (unpaired) electrons. The van der Waals surface area contributed by atoms with Gasteiger partial charge < -0.3 is 5.73 Å². The Morgan fingerprint density at radius 2 is 1.80 bits per heavy atom. The molecule has 0 aromatic rings. The molecule has 0 aromatic heterocycles. The molecule has 0 amide bonds. The standard InChI is InChI=1S/C8H14FN/c1-7(9)5-3-4-6-8(7,2)10/h3-4H,5-6,10H2,1-2H3. The highest BCUT2D eigenvalue weighted by molar-refractivity contribution is 5.11. The molecule has 58 valence electrons. The van der Waals surface area contributed by atoms with Crippen molar-refractivity contribution in [3.63, 3.8) is 0 Å². The summed E-state index contributed by atoms with van der Waals surface area (Å²) in [6, 6.07) is 0. The molecular formula is C8H14FN. The first kappa shape index (κ1) is 7.73. The van der Waals surface area contributed by atoms with E-state index in [4.69, 9.17) is 5.73 Å². The van der Waals surface area contributed by atoms with Crippen molar-refractivity contribution in [2.75, 3.05) is 0 Å². The van der Waals surface area contributed by atoms with E-state index in [1.54, 1.807) is 13.8 Å². The molecule has 2 unspecified atom stereocenters. The molecule has 0 saturated heterocycles. The number of allylic oxidation sites excluding steroid dienone is 1. The second-order valence-corrected chi connectivity index (χ2v) is 3.49. The predicted octanol–water partition coefficient (Wildman–Crippen LogP) is 1.78. The maximum Gasteiger partial charge on any atom is 0.129 e. The van der Waals surface area contributed by atoms with Gasteiger partial charge in [-0.2, -0.15) is 0 Å². The molecule has 1 aliphatic rings. The van der Waals surface area contributed by atoms with Gasteiger partial charge in [0.1, 0.15) is 5.67 Å². The number of alkyl halides is 1. The van der Waals surface area contributed by atoms with Crippen LogP contribution in [-0.4, -0.2) is 11.2 Å². The number of halogens is 1. The van der Waals surface area contributed by atoms with E-state index in [9.17, 15) is 4.39 Å². The summed E-state index contributed by atoms with van der Waals surface area (Å²) in [4.78, 5) is 0. The summed E-state index contributed by atoms with van der Waals surface area (Å²) < 4.78 is 13.5. The van der Waals surface area contributed by atoms with Gasteiger partial charge in [0.25, 0.3) is 0 Å². The minimum atomic E-state index is -1.23. The molecule has 2 heteroatoms. The molecular weight excluding hydrogens is 129 g/mol. The fourth-order valence-corrected chi connectivity index (χ4v) is 1.08. The van der Waals surface area contributed by atoms with Gasteiger partial charge in [-0.1, -0.05) is 12.2 Å². The van der Waals surface area contributed by atoms with Crippen LogP contribution in [0.5, 0.6) is 0 Å². The van der Waals surface area contributed by atoms with Gasteiger partial charge in [0.2, 0.25) is 0 Å². The lowest BCUT2D eigenvalue weighted by Crippen LogP contribution is -2.54. The molecule has 0 spiro atoms. The van der Waals surface area contributed by atoms with Crippen LogP contribution < -0.4 is 5.73 Å². The highest BCUT2D eigenvalue weighted by atomic mass is 19.1. The zero-order valence-corrected chi connectivity index (χ0v) is 6.52. The highest BCUT2D eigenvalue weighted by Gasteiger charge is 2.41. The van der Waals surface area contributed by atoms with E-state index in [2.05, 4.69) is 0 Å². The molecule has 1 rings (SSSR count). The van der Waals surface area contributed by atoms with Gasteiger partial charge in [-0.05, 0) is 20.3 Å². The fraction of sp³-hybridized carbons (Fsp3) is 0.750. The Morgan fingerprint density at radius 1 is 1.30 bits per heavy atom. The van der Waals surface area contributed by atoms with Gasteiger partial charge in [0.05, 0.1) is 5.54 Å². The van der Waals surface area contributed by atoms with E-state index >= 15 is 0 Å². The predicted molar refractivity (Wildman–Crippen MR) is 40.5 cm³/mol. The summed E-state index contributed by atoms with van der Waals surface area (Å²) in [5.41, 5.74) is 3.82. The third kappa shape index (κ3) is 1.08. The van der Waals surface area contributed by atoms with Gasteiger partial charge in [-0.25, -0.2) is 4.39 Å². The first-order valence-electron chi connectivity index (χ1n) is 3.58. The summed E-state index contributed by atoms with van der Waals surface area (Å²) >= 11 is 0. The molecule has 0 aromatic carbocycles. The van der Waals surface area contributed by atoms with Crippen molar-refractivity contribution >= 4 is 0 Å². The lowest BCUT2D eigenvalue weighted by atomic mass is 9.77. The smallest absolute Gasteiger partial charge is 0.129 e. The molecule has 1 nitrogen and oxygen atoms in total. The summed E-state index contributed by atoms with van der Waals surface area (Å²) in [6.45, 7) is 3.33. The van der Waals surface area contributed by atoms with Crippen molar-refractivity contribution in [2.24, 2.45) is 5.73 Å². The number of hydrogen-bond donors (Lipinski definition) is 1. The number of rotatable bonds is 0. The van der Waals surface area contributed by atoms with Crippen molar-refractivity contribution in [3.8, 4) is 0 Å². The van der Waals surface area contributed by atoms with Crippen LogP contribution >= 0.6 is 0 Å². The van der Waals surface area contributed by atoms with E-state index in [0.29, 0.717) is 12.8 Å². The van der Waals surface area contributed by atoms with Crippen LogP contribution in [0.3, 0.4) is 0 Å². The molecule has 0 saturated carbocycles. The molecule has 0 heterocycles. The minimum Gasteiger partial charge on any atom is -0.322 e. The SMILES string of the molecule is CC1(N)CC=CCC1(C)F.